The van der Waals surface area contributed by atoms with Crippen LogP contribution in [0, 0.1) is 11.8 Å². The predicted octanol–water partition coefficient (Wildman–Crippen LogP) is 4.00. The van der Waals surface area contributed by atoms with Crippen LogP contribution in [-0.2, 0) is 6.54 Å². The lowest BCUT2D eigenvalue weighted by atomic mass is 9.88. The van der Waals surface area contributed by atoms with E-state index in [1.807, 2.05) is 0 Å². The number of hydrogen-bond donors (Lipinski definition) is 2. The SMILES string of the molecule is CC(C)C(CCN)CCCNCc1sccc1Br. The molecule has 3 N–H and O–H groups in total. The molecule has 0 radical (unpaired) electrons. The van der Waals surface area contributed by atoms with Gasteiger partial charge in [-0.05, 0) is 71.6 Å². The van der Waals surface area contributed by atoms with Crippen LogP contribution in [0.5, 0.6) is 0 Å². The quantitative estimate of drug-likeness (QED) is 0.670. The topological polar surface area (TPSA) is 38.0 Å². The van der Waals surface area contributed by atoms with Crippen molar-refractivity contribution < 1.29 is 0 Å². The van der Waals surface area contributed by atoms with Gasteiger partial charge in [-0.3, -0.25) is 0 Å². The molecule has 0 fully saturated rings. The second-order valence-electron chi connectivity index (χ2n) is 5.09. The Kier molecular flexibility index (Phi) is 8.15. The summed E-state index contributed by atoms with van der Waals surface area (Å²) in [7, 11) is 0. The fourth-order valence-corrected chi connectivity index (χ4v) is 3.63. The van der Waals surface area contributed by atoms with Gasteiger partial charge in [0.2, 0.25) is 0 Å². The van der Waals surface area contributed by atoms with Gasteiger partial charge in [0.05, 0.1) is 0 Å². The molecule has 1 heterocycles. The third-order valence-corrected chi connectivity index (χ3v) is 5.31. The fraction of sp³-hybridized carbons (Fsp3) is 0.714. The van der Waals surface area contributed by atoms with Crippen molar-refractivity contribution in [3.63, 3.8) is 0 Å². The molecule has 0 aromatic carbocycles. The summed E-state index contributed by atoms with van der Waals surface area (Å²) in [5.74, 6) is 1.53. The van der Waals surface area contributed by atoms with E-state index < -0.39 is 0 Å². The van der Waals surface area contributed by atoms with E-state index in [4.69, 9.17) is 5.73 Å². The van der Waals surface area contributed by atoms with Gasteiger partial charge >= 0.3 is 0 Å². The zero-order valence-electron chi connectivity index (χ0n) is 11.4. The number of rotatable bonds is 9. The van der Waals surface area contributed by atoms with Crippen LogP contribution in [0.3, 0.4) is 0 Å². The van der Waals surface area contributed by atoms with Gasteiger partial charge < -0.3 is 11.1 Å². The summed E-state index contributed by atoms with van der Waals surface area (Å²) >= 11 is 5.36. The van der Waals surface area contributed by atoms with Crippen LogP contribution >= 0.6 is 27.3 Å². The van der Waals surface area contributed by atoms with Gasteiger partial charge in [-0.15, -0.1) is 11.3 Å². The van der Waals surface area contributed by atoms with E-state index in [0.717, 1.165) is 37.9 Å². The summed E-state index contributed by atoms with van der Waals surface area (Å²) in [4.78, 5) is 1.39. The van der Waals surface area contributed by atoms with Crippen LogP contribution in [0.25, 0.3) is 0 Å². The van der Waals surface area contributed by atoms with E-state index in [2.05, 4.69) is 46.5 Å². The highest BCUT2D eigenvalue weighted by atomic mass is 79.9. The average molecular weight is 333 g/mol. The molecule has 0 saturated carbocycles. The Labute approximate surface area is 123 Å². The molecule has 1 unspecified atom stereocenters. The normalized spacial score (nSPS) is 13.2. The van der Waals surface area contributed by atoms with Gasteiger partial charge in [0.25, 0.3) is 0 Å². The molecule has 2 nitrogen and oxygen atoms in total. The highest BCUT2D eigenvalue weighted by Gasteiger charge is 2.11. The standard InChI is InChI=1S/C14H25BrN2S/c1-11(2)12(5-7-16)4-3-8-17-10-14-13(15)6-9-18-14/h6,9,11-12,17H,3-5,7-8,10,16H2,1-2H3. The maximum Gasteiger partial charge on any atom is 0.0327 e. The summed E-state index contributed by atoms with van der Waals surface area (Å²) in [6.07, 6.45) is 3.69. The summed E-state index contributed by atoms with van der Waals surface area (Å²) in [5, 5.41) is 5.64. The molecule has 0 aliphatic rings. The van der Waals surface area contributed by atoms with Crippen molar-refractivity contribution in [1.29, 1.82) is 0 Å². The number of nitrogens with one attached hydrogen (secondary N) is 1. The zero-order chi connectivity index (χ0) is 13.4. The van der Waals surface area contributed by atoms with E-state index >= 15 is 0 Å². The van der Waals surface area contributed by atoms with E-state index in [1.54, 1.807) is 11.3 Å². The number of nitrogens with two attached hydrogens (primary N) is 1. The van der Waals surface area contributed by atoms with Crippen molar-refractivity contribution in [1.82, 2.24) is 5.32 Å². The summed E-state index contributed by atoms with van der Waals surface area (Å²) in [6, 6.07) is 2.11. The first kappa shape index (κ1) is 16.2. The molecular weight excluding hydrogens is 308 g/mol. The fourth-order valence-electron chi connectivity index (χ4n) is 2.17. The van der Waals surface area contributed by atoms with Crippen molar-refractivity contribution in [2.24, 2.45) is 17.6 Å². The van der Waals surface area contributed by atoms with E-state index in [-0.39, 0.29) is 0 Å². The van der Waals surface area contributed by atoms with Gasteiger partial charge in [-0.1, -0.05) is 13.8 Å². The molecule has 4 heteroatoms. The first-order valence-electron chi connectivity index (χ1n) is 6.77. The monoisotopic (exact) mass is 332 g/mol. The summed E-state index contributed by atoms with van der Waals surface area (Å²) < 4.78 is 1.23. The lowest BCUT2D eigenvalue weighted by Crippen LogP contribution is -2.18. The minimum absolute atomic E-state index is 0.750. The largest absolute Gasteiger partial charge is 0.330 e. The molecule has 1 aromatic rings. The van der Waals surface area contributed by atoms with Crippen LogP contribution in [0.4, 0.5) is 0 Å². The Hall–Kier alpha value is 0.100. The molecule has 18 heavy (non-hydrogen) atoms. The first-order valence-corrected chi connectivity index (χ1v) is 8.45. The number of hydrogen-bond acceptors (Lipinski definition) is 3. The van der Waals surface area contributed by atoms with Crippen molar-refractivity contribution in [3.05, 3.63) is 20.8 Å². The maximum absolute atomic E-state index is 5.66. The zero-order valence-corrected chi connectivity index (χ0v) is 13.8. The molecule has 0 aliphatic heterocycles. The maximum atomic E-state index is 5.66. The minimum Gasteiger partial charge on any atom is -0.330 e. The van der Waals surface area contributed by atoms with E-state index in [1.165, 1.54) is 22.2 Å². The van der Waals surface area contributed by atoms with Gasteiger partial charge in [0.15, 0.2) is 0 Å². The second-order valence-corrected chi connectivity index (χ2v) is 6.95. The van der Waals surface area contributed by atoms with Gasteiger partial charge in [-0.2, -0.15) is 0 Å². The van der Waals surface area contributed by atoms with Crippen molar-refractivity contribution in [2.45, 2.75) is 39.7 Å². The Morgan fingerprint density at radius 1 is 1.39 bits per heavy atom. The molecule has 1 atom stereocenters. The van der Waals surface area contributed by atoms with Gasteiger partial charge in [-0.25, -0.2) is 0 Å². The molecular formula is C14H25BrN2S. The van der Waals surface area contributed by atoms with Crippen molar-refractivity contribution in [3.8, 4) is 0 Å². The van der Waals surface area contributed by atoms with Crippen LogP contribution in [0.15, 0.2) is 15.9 Å². The Balaban J connectivity index is 2.12. The third kappa shape index (κ3) is 5.83. The van der Waals surface area contributed by atoms with Gasteiger partial charge in [0, 0.05) is 15.9 Å². The first-order chi connectivity index (χ1) is 8.65. The van der Waals surface area contributed by atoms with E-state index in [9.17, 15) is 0 Å². The lowest BCUT2D eigenvalue weighted by molar-refractivity contribution is 0.331. The van der Waals surface area contributed by atoms with Crippen LogP contribution in [-0.4, -0.2) is 13.1 Å². The predicted molar refractivity (Wildman–Crippen MR) is 85.0 cm³/mol. The molecule has 1 aromatic heterocycles. The molecule has 0 bridgehead atoms. The number of thiophene rings is 1. The molecule has 0 saturated heterocycles. The second kappa shape index (κ2) is 9.08. The molecule has 0 amide bonds. The highest BCUT2D eigenvalue weighted by Crippen LogP contribution is 2.22. The molecule has 1 rings (SSSR count). The van der Waals surface area contributed by atoms with Gasteiger partial charge in [0.1, 0.15) is 0 Å². The summed E-state index contributed by atoms with van der Waals surface area (Å²) in [5.41, 5.74) is 5.66. The third-order valence-electron chi connectivity index (χ3n) is 3.39. The smallest absolute Gasteiger partial charge is 0.0327 e. The Morgan fingerprint density at radius 3 is 2.72 bits per heavy atom. The molecule has 0 aliphatic carbocycles. The van der Waals surface area contributed by atoms with E-state index in [0.29, 0.717) is 0 Å². The minimum atomic E-state index is 0.750. The summed E-state index contributed by atoms with van der Waals surface area (Å²) in [6.45, 7) is 7.49. The Morgan fingerprint density at radius 2 is 2.17 bits per heavy atom. The van der Waals surface area contributed by atoms with Crippen molar-refractivity contribution in [2.75, 3.05) is 13.1 Å². The number of halogens is 1. The molecule has 0 spiro atoms. The van der Waals surface area contributed by atoms with Crippen LogP contribution in [0.1, 0.15) is 38.0 Å². The van der Waals surface area contributed by atoms with Crippen molar-refractivity contribution >= 4 is 27.3 Å². The van der Waals surface area contributed by atoms with Crippen LogP contribution in [0.2, 0.25) is 0 Å². The van der Waals surface area contributed by atoms with Crippen LogP contribution < -0.4 is 11.1 Å². The lowest BCUT2D eigenvalue weighted by Gasteiger charge is -2.19. The molecule has 104 valence electrons. The Bertz CT molecular complexity index is 325. The highest BCUT2D eigenvalue weighted by molar-refractivity contribution is 9.10. The average Bonchev–Trinajstić information content (AvgIpc) is 2.73.